The zero-order chi connectivity index (χ0) is 18.2. The molecule has 0 radical (unpaired) electrons. The molecule has 0 rings (SSSR count). The van der Waals surface area contributed by atoms with Crippen molar-refractivity contribution in [3.8, 4) is 0 Å². The molecule has 2 unspecified atom stereocenters. The van der Waals surface area contributed by atoms with Gasteiger partial charge in [0.05, 0.1) is 18.3 Å². The van der Waals surface area contributed by atoms with Gasteiger partial charge in [0.2, 0.25) is 0 Å². The number of aliphatic hydroxyl groups is 3. The van der Waals surface area contributed by atoms with Crippen molar-refractivity contribution in [2.45, 2.75) is 91.3 Å². The normalized spacial score (nSPS) is 20.6. The minimum absolute atomic E-state index is 0.0281. The van der Waals surface area contributed by atoms with Crippen molar-refractivity contribution in [2.75, 3.05) is 6.61 Å². The third-order valence-corrected chi connectivity index (χ3v) is 7.26. The second-order valence-electron chi connectivity index (χ2n) is 8.02. The lowest BCUT2D eigenvalue weighted by molar-refractivity contribution is -0.0375. The molecule has 0 saturated carbocycles. The first-order chi connectivity index (χ1) is 10.6. The van der Waals surface area contributed by atoms with Crippen molar-refractivity contribution < 1.29 is 19.7 Å². The van der Waals surface area contributed by atoms with E-state index in [0.29, 0.717) is 6.42 Å². The molecule has 0 aromatic heterocycles. The molecule has 6 atom stereocenters. The van der Waals surface area contributed by atoms with Crippen LogP contribution in [0.2, 0.25) is 19.1 Å². The van der Waals surface area contributed by atoms with E-state index in [1.165, 1.54) is 6.42 Å². The lowest BCUT2D eigenvalue weighted by atomic mass is 9.83. The van der Waals surface area contributed by atoms with Crippen LogP contribution in [0.25, 0.3) is 0 Å². The van der Waals surface area contributed by atoms with E-state index >= 15 is 0 Å². The minimum Gasteiger partial charge on any atom is -0.414 e. The van der Waals surface area contributed by atoms with Crippen LogP contribution in [0.4, 0.5) is 0 Å². The summed E-state index contributed by atoms with van der Waals surface area (Å²) in [7, 11) is -1.81. The quantitative estimate of drug-likeness (QED) is 0.473. The van der Waals surface area contributed by atoms with E-state index in [9.17, 15) is 15.3 Å². The Morgan fingerprint density at radius 1 is 1.00 bits per heavy atom. The maximum atomic E-state index is 10.5. The fourth-order valence-corrected chi connectivity index (χ4v) is 5.77. The Bertz CT molecular complexity index is 309. The van der Waals surface area contributed by atoms with Crippen molar-refractivity contribution in [2.24, 2.45) is 17.8 Å². The molecule has 0 heterocycles. The second-order valence-corrected chi connectivity index (χ2v) is 12.3. The fourth-order valence-electron chi connectivity index (χ4n) is 3.26. The standard InChI is InChI=1S/C18H40O4Si/c1-8-9-10-23(6,7)22-18(13(2)11-15(4)20)16(5)17(21)14(3)12-19/h13-21H,8-12H2,1-7H3/t13-,14?,15?,16+,17-,18+/m0/s1. The van der Waals surface area contributed by atoms with Gasteiger partial charge in [-0.3, -0.25) is 0 Å². The van der Waals surface area contributed by atoms with Crippen molar-refractivity contribution in [3.05, 3.63) is 0 Å². The Morgan fingerprint density at radius 2 is 1.57 bits per heavy atom. The number of hydrogen-bond acceptors (Lipinski definition) is 4. The van der Waals surface area contributed by atoms with E-state index in [0.717, 1.165) is 12.5 Å². The Kier molecular flexibility index (Phi) is 10.9. The average molecular weight is 349 g/mol. The van der Waals surface area contributed by atoms with Gasteiger partial charge in [0.15, 0.2) is 8.32 Å². The van der Waals surface area contributed by atoms with Gasteiger partial charge in [0.1, 0.15) is 0 Å². The third kappa shape index (κ3) is 8.63. The summed E-state index contributed by atoms with van der Waals surface area (Å²) >= 11 is 0. The molecular weight excluding hydrogens is 308 g/mol. The zero-order valence-corrected chi connectivity index (χ0v) is 17.2. The highest BCUT2D eigenvalue weighted by atomic mass is 28.4. The van der Waals surface area contributed by atoms with Gasteiger partial charge in [-0.15, -0.1) is 0 Å². The summed E-state index contributed by atoms with van der Waals surface area (Å²) in [5, 5.41) is 29.6. The topological polar surface area (TPSA) is 69.9 Å². The van der Waals surface area contributed by atoms with Gasteiger partial charge in [-0.1, -0.05) is 40.5 Å². The first-order valence-electron chi connectivity index (χ1n) is 9.20. The molecule has 0 aliphatic carbocycles. The molecule has 5 heteroatoms. The minimum atomic E-state index is -1.81. The molecule has 0 aliphatic heterocycles. The van der Waals surface area contributed by atoms with Crippen LogP contribution in [-0.4, -0.2) is 48.6 Å². The molecule has 3 N–H and O–H groups in total. The molecule has 0 aromatic carbocycles. The van der Waals surface area contributed by atoms with Crippen LogP contribution in [0, 0.1) is 17.8 Å². The van der Waals surface area contributed by atoms with Crippen molar-refractivity contribution in [1.29, 1.82) is 0 Å². The van der Waals surface area contributed by atoms with Gasteiger partial charge in [-0.05, 0) is 38.4 Å². The molecule has 0 saturated heterocycles. The van der Waals surface area contributed by atoms with Crippen LogP contribution < -0.4 is 0 Å². The van der Waals surface area contributed by atoms with Gasteiger partial charge >= 0.3 is 0 Å². The van der Waals surface area contributed by atoms with E-state index in [2.05, 4.69) is 26.9 Å². The van der Waals surface area contributed by atoms with Gasteiger partial charge in [-0.25, -0.2) is 0 Å². The van der Waals surface area contributed by atoms with E-state index in [-0.39, 0.29) is 36.6 Å². The smallest absolute Gasteiger partial charge is 0.187 e. The maximum absolute atomic E-state index is 10.5. The number of hydrogen-bond donors (Lipinski definition) is 3. The van der Waals surface area contributed by atoms with E-state index in [1.54, 1.807) is 6.92 Å². The van der Waals surface area contributed by atoms with Crippen LogP contribution in [-0.2, 0) is 4.43 Å². The summed E-state index contributed by atoms with van der Waals surface area (Å²) in [6.07, 6.45) is 1.92. The molecule has 0 aliphatic rings. The lowest BCUT2D eigenvalue weighted by Gasteiger charge is -2.39. The first-order valence-corrected chi connectivity index (χ1v) is 12.3. The number of rotatable bonds is 12. The van der Waals surface area contributed by atoms with Gasteiger partial charge in [0.25, 0.3) is 0 Å². The Labute approximate surface area is 144 Å². The fraction of sp³-hybridized carbons (Fsp3) is 1.00. The third-order valence-electron chi connectivity index (χ3n) is 4.79. The van der Waals surface area contributed by atoms with E-state index < -0.39 is 14.4 Å². The van der Waals surface area contributed by atoms with Crippen LogP contribution >= 0.6 is 0 Å². The van der Waals surface area contributed by atoms with Gasteiger partial charge in [0, 0.05) is 18.4 Å². The molecule has 0 amide bonds. The second kappa shape index (κ2) is 10.8. The molecule has 23 heavy (non-hydrogen) atoms. The first kappa shape index (κ1) is 23.1. The molecule has 0 spiro atoms. The highest BCUT2D eigenvalue weighted by Crippen LogP contribution is 2.30. The summed E-state index contributed by atoms with van der Waals surface area (Å²) in [4.78, 5) is 0. The van der Waals surface area contributed by atoms with E-state index in [1.807, 2.05) is 13.8 Å². The predicted molar refractivity (Wildman–Crippen MR) is 99.0 cm³/mol. The summed E-state index contributed by atoms with van der Waals surface area (Å²) in [5.41, 5.74) is 0. The largest absolute Gasteiger partial charge is 0.414 e. The number of aliphatic hydroxyl groups excluding tert-OH is 3. The lowest BCUT2D eigenvalue weighted by Crippen LogP contribution is -2.46. The molecule has 140 valence electrons. The molecule has 4 nitrogen and oxygen atoms in total. The van der Waals surface area contributed by atoms with Crippen LogP contribution in [0.1, 0.15) is 53.9 Å². The van der Waals surface area contributed by atoms with Crippen molar-refractivity contribution in [1.82, 2.24) is 0 Å². The molecule has 0 fully saturated rings. The summed E-state index contributed by atoms with van der Waals surface area (Å²) in [6.45, 7) is 14.4. The molecule has 0 bridgehead atoms. The highest BCUT2D eigenvalue weighted by molar-refractivity contribution is 6.71. The molecule has 0 aromatic rings. The SMILES string of the molecule is CCCC[Si](C)(C)O[C@@H]([C@H](C)[C@@H](O)C(C)CO)[C@@H](C)CC(C)O. The van der Waals surface area contributed by atoms with E-state index in [4.69, 9.17) is 4.43 Å². The van der Waals surface area contributed by atoms with Crippen molar-refractivity contribution >= 4 is 8.32 Å². The summed E-state index contributed by atoms with van der Waals surface area (Å²) in [6, 6.07) is 1.11. The Hall–Kier alpha value is 0.0569. The molecular formula is C18H40O4Si. The average Bonchev–Trinajstić information content (AvgIpc) is 2.47. The highest BCUT2D eigenvalue weighted by Gasteiger charge is 2.36. The van der Waals surface area contributed by atoms with Crippen LogP contribution in [0.5, 0.6) is 0 Å². The maximum Gasteiger partial charge on any atom is 0.187 e. The summed E-state index contributed by atoms with van der Waals surface area (Å²) in [5.74, 6) is -0.0754. The monoisotopic (exact) mass is 348 g/mol. The Balaban J connectivity index is 5.14. The number of unbranched alkanes of at least 4 members (excludes halogenated alkanes) is 1. The predicted octanol–water partition coefficient (Wildman–Crippen LogP) is 3.41. The zero-order valence-electron chi connectivity index (χ0n) is 16.2. The van der Waals surface area contributed by atoms with Crippen LogP contribution in [0.15, 0.2) is 0 Å². The summed E-state index contributed by atoms with van der Waals surface area (Å²) < 4.78 is 6.57. The van der Waals surface area contributed by atoms with Crippen LogP contribution in [0.3, 0.4) is 0 Å². The Morgan fingerprint density at radius 3 is 2.00 bits per heavy atom. The van der Waals surface area contributed by atoms with Crippen molar-refractivity contribution in [3.63, 3.8) is 0 Å². The van der Waals surface area contributed by atoms with Gasteiger partial charge < -0.3 is 19.7 Å². The van der Waals surface area contributed by atoms with Gasteiger partial charge in [-0.2, -0.15) is 0 Å².